The Kier molecular flexibility index (Phi) is 7.60. The molecule has 2 aromatic rings. The van der Waals surface area contributed by atoms with Gasteiger partial charge in [-0.15, -0.1) is 5.10 Å². The van der Waals surface area contributed by atoms with E-state index in [1.807, 2.05) is 6.92 Å². The zero-order chi connectivity index (χ0) is 24.1. The number of amides is 2. The number of benzene rings is 1. The lowest BCUT2D eigenvalue weighted by Crippen LogP contribution is -2.40. The van der Waals surface area contributed by atoms with Gasteiger partial charge in [-0.2, -0.15) is 0 Å². The first-order chi connectivity index (χ1) is 16.4. The Morgan fingerprint density at radius 1 is 1.29 bits per heavy atom. The second kappa shape index (κ2) is 10.6. The average Bonchev–Trinajstić information content (AvgIpc) is 3.53. The zero-order valence-corrected chi connectivity index (χ0v) is 19.6. The van der Waals surface area contributed by atoms with Gasteiger partial charge < -0.3 is 9.84 Å². The predicted molar refractivity (Wildman–Crippen MR) is 122 cm³/mol. The van der Waals surface area contributed by atoms with Gasteiger partial charge >= 0.3 is 0 Å². The van der Waals surface area contributed by atoms with E-state index in [1.54, 1.807) is 23.0 Å². The molecule has 8 nitrogen and oxygen atoms in total. The Bertz CT molecular complexity index is 1020. The van der Waals surface area contributed by atoms with E-state index in [4.69, 9.17) is 4.74 Å². The fourth-order valence-corrected chi connectivity index (χ4v) is 4.52. The molecule has 4 rings (SSSR count). The number of carbonyl (C=O) groups excluding carboxylic acids is 2. The van der Waals surface area contributed by atoms with E-state index in [0.717, 1.165) is 31.4 Å². The maximum absolute atomic E-state index is 14.3. The number of nitrogens with one attached hydrogen (secondary N) is 1. The first-order valence-electron chi connectivity index (χ1n) is 12.2. The van der Waals surface area contributed by atoms with Gasteiger partial charge in [-0.05, 0) is 68.6 Å². The lowest BCUT2D eigenvalue weighted by Gasteiger charge is -2.29. The van der Waals surface area contributed by atoms with E-state index < -0.39 is 11.4 Å². The monoisotopic (exact) mass is 472 g/mol. The van der Waals surface area contributed by atoms with Crippen molar-refractivity contribution < 1.29 is 23.8 Å². The van der Waals surface area contributed by atoms with E-state index in [9.17, 15) is 19.1 Å². The van der Waals surface area contributed by atoms with Crippen LogP contribution >= 0.6 is 0 Å². The summed E-state index contributed by atoms with van der Waals surface area (Å²) in [7, 11) is 0. The molecular formula is C25H33FN4O4. The molecule has 2 N–H and O–H groups in total. The SMILES string of the molecule is CCCC(O)(Cn1nncc1CCCC1CCC(=O)NC1=O)c1ccc(F)c(OCC2CC2)c1. The lowest BCUT2D eigenvalue weighted by molar-refractivity contribution is -0.136. The van der Waals surface area contributed by atoms with Gasteiger partial charge in [-0.3, -0.25) is 14.9 Å². The highest BCUT2D eigenvalue weighted by molar-refractivity contribution is 5.98. The van der Waals surface area contributed by atoms with Crippen LogP contribution in [0.5, 0.6) is 5.75 Å². The minimum absolute atomic E-state index is 0.160. The summed E-state index contributed by atoms with van der Waals surface area (Å²) >= 11 is 0. The first kappa shape index (κ1) is 24.3. The van der Waals surface area contributed by atoms with Crippen LogP contribution in [0, 0.1) is 17.7 Å². The van der Waals surface area contributed by atoms with Crippen molar-refractivity contribution in [1.82, 2.24) is 20.3 Å². The van der Waals surface area contributed by atoms with Crippen molar-refractivity contribution in [3.05, 3.63) is 41.5 Å². The highest BCUT2D eigenvalue weighted by Gasteiger charge is 2.32. The number of rotatable bonds is 12. The zero-order valence-electron chi connectivity index (χ0n) is 19.6. The lowest BCUT2D eigenvalue weighted by atomic mass is 9.88. The van der Waals surface area contributed by atoms with E-state index in [-0.39, 0.29) is 30.0 Å². The van der Waals surface area contributed by atoms with Crippen LogP contribution in [-0.4, -0.2) is 38.5 Å². The third-order valence-corrected chi connectivity index (χ3v) is 6.75. The topological polar surface area (TPSA) is 106 Å². The van der Waals surface area contributed by atoms with Crippen molar-refractivity contribution in [2.45, 2.75) is 76.9 Å². The van der Waals surface area contributed by atoms with Crippen LogP contribution < -0.4 is 10.1 Å². The molecule has 1 aliphatic heterocycles. The van der Waals surface area contributed by atoms with Crippen molar-refractivity contribution in [1.29, 1.82) is 0 Å². The number of piperidine rings is 1. The van der Waals surface area contributed by atoms with Crippen LogP contribution in [0.3, 0.4) is 0 Å². The standard InChI is InChI=1S/C25H33FN4O4/c1-2-12-25(33,19-9-10-21(26)22(13-19)34-15-17-6-7-17)16-30-20(14-27-29-30)5-3-4-18-8-11-23(31)28-24(18)32/h9-10,13-14,17-18,33H,2-8,11-12,15-16H2,1H3,(H,28,31,32). The maximum Gasteiger partial charge on any atom is 0.229 e. The summed E-state index contributed by atoms with van der Waals surface area (Å²) in [5, 5.41) is 22.2. The molecule has 2 atom stereocenters. The first-order valence-corrected chi connectivity index (χ1v) is 12.2. The summed E-state index contributed by atoms with van der Waals surface area (Å²) < 4.78 is 21.7. The molecule has 34 heavy (non-hydrogen) atoms. The van der Waals surface area contributed by atoms with Crippen LogP contribution in [0.2, 0.25) is 0 Å². The van der Waals surface area contributed by atoms with Gasteiger partial charge in [0.05, 0.1) is 25.0 Å². The molecule has 0 bridgehead atoms. The number of aryl methyl sites for hydroxylation is 1. The predicted octanol–water partition coefficient (Wildman–Crippen LogP) is 3.27. The van der Waals surface area contributed by atoms with E-state index >= 15 is 0 Å². The summed E-state index contributed by atoms with van der Waals surface area (Å²) in [6.07, 6.45) is 8.10. The summed E-state index contributed by atoms with van der Waals surface area (Å²) in [6, 6.07) is 4.56. The second-order valence-corrected chi connectivity index (χ2v) is 9.60. The molecule has 1 aromatic heterocycles. The Hall–Kier alpha value is -2.81. The van der Waals surface area contributed by atoms with Crippen molar-refractivity contribution in [3.63, 3.8) is 0 Å². The van der Waals surface area contributed by atoms with Gasteiger partial charge in [0.25, 0.3) is 0 Å². The molecule has 2 fully saturated rings. The van der Waals surface area contributed by atoms with Crippen LogP contribution in [0.25, 0.3) is 0 Å². The number of aromatic nitrogens is 3. The minimum Gasteiger partial charge on any atom is -0.490 e. The van der Waals surface area contributed by atoms with Gasteiger partial charge in [0.1, 0.15) is 5.60 Å². The van der Waals surface area contributed by atoms with E-state index in [1.165, 1.54) is 6.07 Å². The van der Waals surface area contributed by atoms with Crippen molar-refractivity contribution in [2.75, 3.05) is 6.61 Å². The molecule has 9 heteroatoms. The number of nitrogens with zero attached hydrogens (tertiary/aromatic N) is 3. The second-order valence-electron chi connectivity index (χ2n) is 9.60. The van der Waals surface area contributed by atoms with Gasteiger partial charge in [0.2, 0.25) is 11.8 Å². The number of aliphatic hydroxyl groups is 1. The number of hydrogen-bond donors (Lipinski definition) is 2. The molecule has 1 saturated carbocycles. The van der Waals surface area contributed by atoms with Crippen LogP contribution in [0.4, 0.5) is 4.39 Å². The van der Waals surface area contributed by atoms with Crippen molar-refractivity contribution in [2.24, 2.45) is 11.8 Å². The van der Waals surface area contributed by atoms with Crippen molar-refractivity contribution >= 4 is 11.8 Å². The third kappa shape index (κ3) is 6.00. The van der Waals surface area contributed by atoms with Crippen molar-refractivity contribution in [3.8, 4) is 5.75 Å². The molecular weight excluding hydrogens is 439 g/mol. The summed E-state index contributed by atoms with van der Waals surface area (Å²) in [4.78, 5) is 23.3. The molecule has 2 amide bonds. The fourth-order valence-electron chi connectivity index (χ4n) is 4.52. The average molecular weight is 473 g/mol. The smallest absolute Gasteiger partial charge is 0.229 e. The van der Waals surface area contributed by atoms with E-state index in [2.05, 4.69) is 15.6 Å². The quantitative estimate of drug-likeness (QED) is 0.459. The molecule has 0 radical (unpaired) electrons. The number of ether oxygens (including phenoxy) is 1. The summed E-state index contributed by atoms with van der Waals surface area (Å²) in [5.74, 6) is -0.334. The van der Waals surface area contributed by atoms with Crippen LogP contribution in [0.1, 0.15) is 69.5 Å². The molecule has 0 spiro atoms. The fraction of sp³-hybridized carbons (Fsp3) is 0.600. The number of hydrogen-bond acceptors (Lipinski definition) is 6. The normalized spacial score (nSPS) is 20.1. The Balaban J connectivity index is 1.42. The van der Waals surface area contributed by atoms with Crippen LogP contribution in [0.15, 0.2) is 24.4 Å². The minimum atomic E-state index is -1.26. The Labute approximate surface area is 198 Å². The highest BCUT2D eigenvalue weighted by atomic mass is 19.1. The molecule has 2 unspecified atom stereocenters. The largest absolute Gasteiger partial charge is 0.490 e. The maximum atomic E-state index is 14.3. The molecule has 1 aliphatic carbocycles. The third-order valence-electron chi connectivity index (χ3n) is 6.75. The highest BCUT2D eigenvalue weighted by Crippen LogP contribution is 2.34. The molecule has 1 aromatic carbocycles. The van der Waals surface area contributed by atoms with Gasteiger partial charge in [0.15, 0.2) is 11.6 Å². The van der Waals surface area contributed by atoms with Crippen LogP contribution in [-0.2, 0) is 28.2 Å². The summed E-state index contributed by atoms with van der Waals surface area (Å²) in [6.45, 7) is 2.66. The summed E-state index contributed by atoms with van der Waals surface area (Å²) in [5.41, 5.74) is 0.187. The van der Waals surface area contributed by atoms with Gasteiger partial charge in [0, 0.05) is 12.3 Å². The van der Waals surface area contributed by atoms with E-state index in [0.29, 0.717) is 50.2 Å². The Morgan fingerprint density at radius 2 is 2.12 bits per heavy atom. The van der Waals surface area contributed by atoms with Gasteiger partial charge in [-0.25, -0.2) is 9.07 Å². The number of carbonyl (C=O) groups is 2. The number of halogens is 1. The molecule has 2 aliphatic rings. The Morgan fingerprint density at radius 3 is 2.85 bits per heavy atom. The molecule has 1 saturated heterocycles. The van der Waals surface area contributed by atoms with Gasteiger partial charge in [-0.1, -0.05) is 24.6 Å². The molecule has 184 valence electrons. The number of imide groups is 1. The molecule has 2 heterocycles.